The molecule has 0 saturated heterocycles. The lowest BCUT2D eigenvalue weighted by atomic mass is 9.72. The lowest BCUT2D eigenvalue weighted by Crippen LogP contribution is -2.19. The van der Waals surface area contributed by atoms with Gasteiger partial charge < -0.3 is 0 Å². The molecule has 0 heteroatoms. The van der Waals surface area contributed by atoms with Crippen molar-refractivity contribution in [2.45, 2.75) is 25.2 Å². The van der Waals surface area contributed by atoms with E-state index in [4.69, 9.17) is 0 Å². The zero-order valence-corrected chi connectivity index (χ0v) is 17.8. The number of fused-ring (bicyclic) bond motifs is 6. The molecular formula is C31H26. The number of allylic oxidation sites excluding steroid dienone is 2. The summed E-state index contributed by atoms with van der Waals surface area (Å²) in [5.74, 6) is 1.09. The van der Waals surface area contributed by atoms with Gasteiger partial charge in [-0.15, -0.1) is 0 Å². The molecule has 0 radical (unpaired) electrons. The summed E-state index contributed by atoms with van der Waals surface area (Å²) in [5.41, 5.74) is 11.5. The first-order valence-corrected chi connectivity index (χ1v) is 11.4. The van der Waals surface area contributed by atoms with E-state index in [2.05, 4.69) is 116 Å². The fourth-order valence-electron chi connectivity index (χ4n) is 5.93. The molecule has 0 fully saturated rings. The summed E-state index contributed by atoms with van der Waals surface area (Å²) < 4.78 is 0. The smallest absolute Gasteiger partial charge is 0.0173 e. The monoisotopic (exact) mass is 398 g/mol. The van der Waals surface area contributed by atoms with Crippen molar-refractivity contribution in [3.8, 4) is 22.3 Å². The zero-order valence-electron chi connectivity index (χ0n) is 17.8. The van der Waals surface area contributed by atoms with Gasteiger partial charge in [0.05, 0.1) is 0 Å². The van der Waals surface area contributed by atoms with Gasteiger partial charge >= 0.3 is 0 Å². The van der Waals surface area contributed by atoms with Crippen LogP contribution in [0, 0.1) is 5.92 Å². The van der Waals surface area contributed by atoms with Crippen LogP contribution in [0.15, 0.2) is 109 Å². The van der Waals surface area contributed by atoms with E-state index in [9.17, 15) is 0 Å². The molecule has 4 aromatic rings. The van der Waals surface area contributed by atoms with Crippen LogP contribution in [0.4, 0.5) is 0 Å². The Morgan fingerprint density at radius 3 is 1.19 bits per heavy atom. The third kappa shape index (κ3) is 2.75. The average Bonchev–Trinajstić information content (AvgIpc) is 3.34. The van der Waals surface area contributed by atoms with Gasteiger partial charge in [-0.25, -0.2) is 0 Å². The third-order valence-electron chi connectivity index (χ3n) is 7.13. The fraction of sp³-hybridized carbons (Fsp3) is 0.161. The summed E-state index contributed by atoms with van der Waals surface area (Å²) >= 11 is 0. The van der Waals surface area contributed by atoms with Gasteiger partial charge in [0.2, 0.25) is 0 Å². The van der Waals surface area contributed by atoms with E-state index in [1.54, 1.807) is 0 Å². The summed E-state index contributed by atoms with van der Waals surface area (Å²) in [6.07, 6.45) is 5.94. The first kappa shape index (κ1) is 18.4. The maximum absolute atomic E-state index is 2.51. The van der Waals surface area contributed by atoms with Crippen molar-refractivity contribution in [1.29, 1.82) is 0 Å². The Morgan fingerprint density at radius 1 is 0.548 bits per heavy atom. The van der Waals surface area contributed by atoms with E-state index in [-0.39, 0.29) is 0 Å². The van der Waals surface area contributed by atoms with Gasteiger partial charge in [-0.1, -0.05) is 116 Å². The summed E-state index contributed by atoms with van der Waals surface area (Å²) in [6, 6.07) is 36.1. The quantitative estimate of drug-likeness (QED) is 0.304. The molecule has 0 unspecified atom stereocenters. The van der Waals surface area contributed by atoms with E-state index < -0.39 is 0 Å². The standard InChI is InChI=1S/C31H26/c1-2-3-12-29(30-25-17-8-4-13-21(25)22-14-5-9-18-26(22)30)31-27-19-10-6-15-23(27)24-16-7-11-20-28(24)31/h3-20,29-31H,2H2,1H3/b12-3+. The van der Waals surface area contributed by atoms with Gasteiger partial charge in [0.15, 0.2) is 0 Å². The van der Waals surface area contributed by atoms with Crippen LogP contribution in [0.1, 0.15) is 47.4 Å². The Balaban J connectivity index is 1.60. The maximum Gasteiger partial charge on any atom is 0.0173 e. The van der Waals surface area contributed by atoms with E-state index in [1.165, 1.54) is 44.5 Å². The van der Waals surface area contributed by atoms with E-state index >= 15 is 0 Å². The van der Waals surface area contributed by atoms with Crippen LogP contribution in [-0.4, -0.2) is 0 Å². The molecule has 0 N–H and O–H groups in total. The first-order valence-electron chi connectivity index (χ1n) is 11.4. The second-order valence-corrected chi connectivity index (χ2v) is 8.72. The second-order valence-electron chi connectivity index (χ2n) is 8.72. The molecule has 0 amide bonds. The van der Waals surface area contributed by atoms with Crippen LogP contribution in [0.3, 0.4) is 0 Å². The van der Waals surface area contributed by atoms with E-state index in [1.807, 2.05) is 0 Å². The molecule has 0 saturated carbocycles. The minimum Gasteiger partial charge on any atom is -0.0885 e. The van der Waals surface area contributed by atoms with Gasteiger partial charge in [0, 0.05) is 11.8 Å². The minimum absolute atomic E-state index is 0.361. The topological polar surface area (TPSA) is 0 Å². The lowest BCUT2D eigenvalue weighted by Gasteiger charge is -2.30. The van der Waals surface area contributed by atoms with Crippen molar-refractivity contribution >= 4 is 0 Å². The van der Waals surface area contributed by atoms with Gasteiger partial charge in [0.1, 0.15) is 0 Å². The van der Waals surface area contributed by atoms with Crippen molar-refractivity contribution in [1.82, 2.24) is 0 Å². The Hall–Kier alpha value is -3.38. The van der Waals surface area contributed by atoms with Crippen molar-refractivity contribution < 1.29 is 0 Å². The molecule has 0 aliphatic heterocycles. The van der Waals surface area contributed by atoms with E-state index in [0.717, 1.165) is 6.42 Å². The highest BCUT2D eigenvalue weighted by molar-refractivity contribution is 5.82. The molecule has 0 atom stereocenters. The number of hydrogen-bond donors (Lipinski definition) is 0. The van der Waals surface area contributed by atoms with Crippen LogP contribution >= 0.6 is 0 Å². The molecule has 31 heavy (non-hydrogen) atoms. The SMILES string of the molecule is CC/C=C/C(C1c2ccccc2-c2ccccc21)C1c2ccccc2-c2ccccc21. The molecule has 0 bridgehead atoms. The summed E-state index contributed by atoms with van der Waals surface area (Å²) in [5, 5.41) is 0. The molecule has 2 aliphatic carbocycles. The van der Waals surface area contributed by atoms with E-state index in [0.29, 0.717) is 17.8 Å². The van der Waals surface area contributed by atoms with Crippen LogP contribution in [0.25, 0.3) is 22.3 Å². The lowest BCUT2D eigenvalue weighted by molar-refractivity contribution is 0.519. The molecule has 4 aromatic carbocycles. The highest BCUT2D eigenvalue weighted by Crippen LogP contribution is 2.57. The average molecular weight is 399 g/mol. The molecule has 0 aromatic heterocycles. The molecule has 0 spiro atoms. The fourth-order valence-corrected chi connectivity index (χ4v) is 5.93. The van der Waals surface area contributed by atoms with Crippen molar-refractivity contribution in [2.75, 3.05) is 0 Å². The normalized spacial score (nSPS) is 14.6. The van der Waals surface area contributed by atoms with Gasteiger partial charge in [0.25, 0.3) is 0 Å². The third-order valence-corrected chi connectivity index (χ3v) is 7.13. The first-order chi connectivity index (χ1) is 15.4. The largest absolute Gasteiger partial charge is 0.0885 e. The highest BCUT2D eigenvalue weighted by Gasteiger charge is 2.41. The molecule has 150 valence electrons. The Labute approximate surface area is 184 Å². The predicted octanol–water partition coefficient (Wildman–Crippen LogP) is 8.19. The Morgan fingerprint density at radius 2 is 0.871 bits per heavy atom. The molecule has 6 rings (SSSR count). The van der Waals surface area contributed by atoms with Crippen LogP contribution in [0.5, 0.6) is 0 Å². The summed E-state index contributed by atoms with van der Waals surface area (Å²) in [4.78, 5) is 0. The minimum atomic E-state index is 0.361. The summed E-state index contributed by atoms with van der Waals surface area (Å²) in [6.45, 7) is 2.24. The van der Waals surface area contributed by atoms with Crippen LogP contribution < -0.4 is 0 Å². The summed E-state index contributed by atoms with van der Waals surface area (Å²) in [7, 11) is 0. The van der Waals surface area contributed by atoms with Crippen molar-refractivity contribution in [3.63, 3.8) is 0 Å². The molecule has 0 nitrogen and oxygen atoms in total. The molecule has 2 aliphatic rings. The predicted molar refractivity (Wildman–Crippen MR) is 130 cm³/mol. The number of benzene rings is 4. The van der Waals surface area contributed by atoms with Gasteiger partial charge in [-0.3, -0.25) is 0 Å². The second kappa shape index (κ2) is 7.39. The highest BCUT2D eigenvalue weighted by atomic mass is 14.4. The van der Waals surface area contributed by atoms with Gasteiger partial charge in [-0.2, -0.15) is 0 Å². The Kier molecular flexibility index (Phi) is 4.39. The van der Waals surface area contributed by atoms with Crippen LogP contribution in [-0.2, 0) is 0 Å². The maximum atomic E-state index is 2.51. The van der Waals surface area contributed by atoms with Crippen LogP contribution in [0.2, 0.25) is 0 Å². The molecular weight excluding hydrogens is 372 g/mol. The number of rotatable bonds is 4. The van der Waals surface area contributed by atoms with Gasteiger partial charge in [-0.05, 0) is 56.8 Å². The van der Waals surface area contributed by atoms with Crippen molar-refractivity contribution in [2.24, 2.45) is 5.92 Å². The number of hydrogen-bond acceptors (Lipinski definition) is 0. The Bertz CT molecular complexity index is 1110. The molecule has 0 heterocycles. The van der Waals surface area contributed by atoms with Crippen molar-refractivity contribution in [3.05, 3.63) is 131 Å². The zero-order chi connectivity index (χ0) is 20.8.